The summed E-state index contributed by atoms with van der Waals surface area (Å²) in [6.45, 7) is 2.45. The fourth-order valence-corrected chi connectivity index (χ4v) is 2.25. The van der Waals surface area contributed by atoms with Crippen LogP contribution in [0.15, 0.2) is 52.9 Å². The monoisotopic (exact) mass is 281 g/mol. The summed E-state index contributed by atoms with van der Waals surface area (Å²) in [7, 11) is 0. The third kappa shape index (κ3) is 2.74. The Labute approximate surface area is 122 Å². The predicted molar refractivity (Wildman–Crippen MR) is 81.7 cm³/mol. The lowest BCUT2D eigenvalue weighted by atomic mass is 10.1. The molecule has 2 aromatic carbocycles. The summed E-state index contributed by atoms with van der Waals surface area (Å²) in [4.78, 5) is 11.0. The Bertz CT molecular complexity index is 772. The number of carboxylic acids is 1. The molecule has 1 aromatic heterocycles. The third-order valence-corrected chi connectivity index (χ3v) is 3.41. The molecule has 0 bridgehead atoms. The second-order valence-electron chi connectivity index (χ2n) is 4.94. The van der Waals surface area contributed by atoms with E-state index >= 15 is 0 Å². The van der Waals surface area contributed by atoms with Gasteiger partial charge in [-0.05, 0) is 36.8 Å². The van der Waals surface area contributed by atoms with E-state index in [0.717, 1.165) is 28.0 Å². The summed E-state index contributed by atoms with van der Waals surface area (Å²) >= 11 is 0. The van der Waals surface area contributed by atoms with Crippen LogP contribution in [0.2, 0.25) is 0 Å². The van der Waals surface area contributed by atoms with E-state index in [1.54, 1.807) is 18.2 Å². The highest BCUT2D eigenvalue weighted by Crippen LogP contribution is 2.21. The first-order valence-corrected chi connectivity index (χ1v) is 6.69. The molecule has 2 N–H and O–H groups in total. The molecule has 21 heavy (non-hydrogen) atoms. The largest absolute Gasteiger partial charge is 0.478 e. The van der Waals surface area contributed by atoms with E-state index < -0.39 is 5.97 Å². The molecule has 0 radical (unpaired) electrons. The van der Waals surface area contributed by atoms with Crippen LogP contribution in [0.1, 0.15) is 21.7 Å². The van der Waals surface area contributed by atoms with Crippen molar-refractivity contribution in [2.24, 2.45) is 0 Å². The highest BCUT2D eigenvalue weighted by atomic mass is 16.4. The highest BCUT2D eigenvalue weighted by Gasteiger charge is 2.07. The molecule has 4 heteroatoms. The van der Waals surface area contributed by atoms with Gasteiger partial charge in [0.15, 0.2) is 0 Å². The zero-order valence-electron chi connectivity index (χ0n) is 11.6. The Kier molecular flexibility index (Phi) is 3.36. The number of hydrogen-bond donors (Lipinski definition) is 2. The normalized spacial score (nSPS) is 10.7. The molecule has 0 spiro atoms. The number of para-hydroxylation sites is 1. The smallest absolute Gasteiger partial charge is 0.335 e. The van der Waals surface area contributed by atoms with Crippen LogP contribution in [0.5, 0.6) is 0 Å². The van der Waals surface area contributed by atoms with Gasteiger partial charge in [0.2, 0.25) is 0 Å². The van der Waals surface area contributed by atoms with Crippen molar-refractivity contribution < 1.29 is 14.3 Å². The van der Waals surface area contributed by atoms with E-state index in [2.05, 4.69) is 5.32 Å². The second-order valence-corrected chi connectivity index (χ2v) is 4.94. The lowest BCUT2D eigenvalue weighted by molar-refractivity contribution is 0.0697. The number of aromatic carboxylic acids is 1. The number of rotatable bonds is 4. The van der Waals surface area contributed by atoms with Crippen LogP contribution in [-0.2, 0) is 6.54 Å². The SMILES string of the molecule is Cc1ccc(C(=O)O)cc1NCc1cc2ccccc2o1. The summed E-state index contributed by atoms with van der Waals surface area (Å²) in [6.07, 6.45) is 0. The van der Waals surface area contributed by atoms with Gasteiger partial charge in [0.25, 0.3) is 0 Å². The van der Waals surface area contributed by atoms with Gasteiger partial charge in [0.05, 0.1) is 12.1 Å². The summed E-state index contributed by atoms with van der Waals surface area (Å²) in [5.74, 6) is -0.113. The van der Waals surface area contributed by atoms with Crippen molar-refractivity contribution in [1.29, 1.82) is 0 Å². The van der Waals surface area contributed by atoms with Crippen molar-refractivity contribution in [3.05, 3.63) is 65.4 Å². The van der Waals surface area contributed by atoms with E-state index in [4.69, 9.17) is 9.52 Å². The van der Waals surface area contributed by atoms with Gasteiger partial charge < -0.3 is 14.8 Å². The van der Waals surface area contributed by atoms with Gasteiger partial charge in [0, 0.05) is 11.1 Å². The standard InChI is InChI=1S/C17H15NO3/c1-11-6-7-13(17(19)20)9-15(11)18-10-14-8-12-4-2-3-5-16(12)21-14/h2-9,18H,10H2,1H3,(H,19,20). The minimum Gasteiger partial charge on any atom is -0.478 e. The molecular weight excluding hydrogens is 266 g/mol. The Morgan fingerprint density at radius 1 is 1.19 bits per heavy atom. The molecule has 0 atom stereocenters. The van der Waals surface area contributed by atoms with Gasteiger partial charge in [-0.1, -0.05) is 24.3 Å². The highest BCUT2D eigenvalue weighted by molar-refractivity contribution is 5.89. The molecule has 3 rings (SSSR count). The maximum Gasteiger partial charge on any atom is 0.335 e. The van der Waals surface area contributed by atoms with Crippen molar-refractivity contribution in [1.82, 2.24) is 0 Å². The van der Waals surface area contributed by atoms with Crippen LogP contribution >= 0.6 is 0 Å². The fraction of sp³-hybridized carbons (Fsp3) is 0.118. The number of furan rings is 1. The molecular formula is C17H15NO3. The van der Waals surface area contributed by atoms with Crippen LogP contribution in [0.25, 0.3) is 11.0 Å². The van der Waals surface area contributed by atoms with Crippen LogP contribution in [-0.4, -0.2) is 11.1 Å². The summed E-state index contributed by atoms with van der Waals surface area (Å²) < 4.78 is 5.73. The summed E-state index contributed by atoms with van der Waals surface area (Å²) in [6, 6.07) is 14.8. The van der Waals surface area contributed by atoms with Crippen LogP contribution in [0.3, 0.4) is 0 Å². The average Bonchev–Trinajstić information content (AvgIpc) is 2.89. The molecule has 0 saturated heterocycles. The van der Waals surface area contributed by atoms with Crippen LogP contribution < -0.4 is 5.32 Å². The van der Waals surface area contributed by atoms with Crippen LogP contribution in [0, 0.1) is 6.92 Å². The fourth-order valence-electron chi connectivity index (χ4n) is 2.25. The van der Waals surface area contributed by atoms with E-state index in [1.807, 2.05) is 37.3 Å². The lowest BCUT2D eigenvalue weighted by Crippen LogP contribution is -2.03. The van der Waals surface area contributed by atoms with Gasteiger partial charge in [-0.3, -0.25) is 0 Å². The summed E-state index contributed by atoms with van der Waals surface area (Å²) in [5, 5.41) is 13.3. The number of hydrogen-bond acceptors (Lipinski definition) is 3. The first-order chi connectivity index (χ1) is 10.1. The van der Waals surface area contributed by atoms with E-state index in [-0.39, 0.29) is 5.56 Å². The predicted octanol–water partition coefficient (Wildman–Crippen LogP) is 4.05. The Morgan fingerprint density at radius 2 is 2.00 bits per heavy atom. The minimum absolute atomic E-state index is 0.271. The third-order valence-electron chi connectivity index (χ3n) is 3.41. The number of nitrogens with one attached hydrogen (secondary N) is 1. The quantitative estimate of drug-likeness (QED) is 0.757. The zero-order valence-corrected chi connectivity index (χ0v) is 11.6. The van der Waals surface area contributed by atoms with Gasteiger partial charge in [-0.2, -0.15) is 0 Å². The van der Waals surface area contributed by atoms with Gasteiger partial charge >= 0.3 is 5.97 Å². The lowest BCUT2D eigenvalue weighted by Gasteiger charge is -2.09. The average molecular weight is 281 g/mol. The maximum absolute atomic E-state index is 11.0. The number of fused-ring (bicyclic) bond motifs is 1. The van der Waals surface area contributed by atoms with Gasteiger partial charge in [-0.15, -0.1) is 0 Å². The second kappa shape index (κ2) is 5.32. The Morgan fingerprint density at radius 3 is 2.76 bits per heavy atom. The Hall–Kier alpha value is -2.75. The van der Waals surface area contributed by atoms with E-state index in [1.165, 1.54) is 0 Å². The molecule has 0 saturated carbocycles. The topological polar surface area (TPSA) is 62.5 Å². The van der Waals surface area contributed by atoms with Gasteiger partial charge in [0.1, 0.15) is 11.3 Å². The molecule has 0 aliphatic heterocycles. The molecule has 3 aromatic rings. The molecule has 0 unspecified atom stereocenters. The number of aryl methyl sites for hydroxylation is 1. The van der Waals surface area contributed by atoms with E-state index in [9.17, 15) is 4.79 Å². The number of benzene rings is 2. The number of carbonyl (C=O) groups is 1. The first-order valence-electron chi connectivity index (χ1n) is 6.69. The molecule has 0 aliphatic carbocycles. The maximum atomic E-state index is 11.0. The number of carboxylic acid groups (broad SMARTS) is 1. The molecule has 106 valence electrons. The minimum atomic E-state index is -0.929. The Balaban J connectivity index is 1.80. The van der Waals surface area contributed by atoms with Gasteiger partial charge in [-0.25, -0.2) is 4.79 Å². The molecule has 1 heterocycles. The van der Waals surface area contributed by atoms with Crippen molar-refractivity contribution in [3.63, 3.8) is 0 Å². The van der Waals surface area contributed by atoms with E-state index in [0.29, 0.717) is 6.54 Å². The first kappa shape index (κ1) is 13.2. The summed E-state index contributed by atoms with van der Waals surface area (Å²) in [5.41, 5.74) is 2.92. The van der Waals surface area contributed by atoms with Crippen LogP contribution in [0.4, 0.5) is 5.69 Å². The van der Waals surface area contributed by atoms with Crippen molar-refractivity contribution in [2.75, 3.05) is 5.32 Å². The molecule has 0 aliphatic rings. The van der Waals surface area contributed by atoms with Crippen molar-refractivity contribution in [2.45, 2.75) is 13.5 Å². The van der Waals surface area contributed by atoms with Crippen molar-refractivity contribution in [3.8, 4) is 0 Å². The molecule has 0 fully saturated rings. The molecule has 0 amide bonds. The zero-order chi connectivity index (χ0) is 14.8. The molecule has 4 nitrogen and oxygen atoms in total. The van der Waals surface area contributed by atoms with Crippen molar-refractivity contribution >= 4 is 22.6 Å². The number of anilines is 1.